The van der Waals surface area contributed by atoms with Crippen LogP contribution in [0.5, 0.6) is 5.75 Å². The Morgan fingerprint density at radius 3 is 2.80 bits per heavy atom. The largest absolute Gasteiger partial charge is 0.494 e. The Balaban J connectivity index is 1.99. The maximum absolute atomic E-state index is 12.6. The van der Waals surface area contributed by atoms with Crippen LogP contribution in [0.4, 0.5) is 5.82 Å². The van der Waals surface area contributed by atoms with Gasteiger partial charge < -0.3 is 15.0 Å². The van der Waals surface area contributed by atoms with Crippen LogP contribution in [0.25, 0.3) is 0 Å². The monoisotopic (exact) mass is 357 g/mol. The van der Waals surface area contributed by atoms with Crippen LogP contribution in [0.1, 0.15) is 30.4 Å². The molecule has 130 valence electrons. The fourth-order valence-corrected chi connectivity index (χ4v) is 3.40. The highest BCUT2D eigenvalue weighted by Gasteiger charge is 2.30. The molecule has 0 radical (unpaired) electrons. The van der Waals surface area contributed by atoms with E-state index in [1.807, 2.05) is 31.2 Å². The Labute approximate surface area is 149 Å². The molecule has 0 saturated heterocycles. The Morgan fingerprint density at radius 2 is 2.12 bits per heavy atom. The number of carbonyl (C=O) groups is 1. The van der Waals surface area contributed by atoms with Crippen molar-refractivity contribution < 1.29 is 9.53 Å². The second-order valence-electron chi connectivity index (χ2n) is 5.54. The molecule has 6 nitrogen and oxygen atoms in total. The van der Waals surface area contributed by atoms with Crippen molar-refractivity contribution in [3.8, 4) is 5.75 Å². The smallest absolute Gasteiger partial charge is 0.257 e. The van der Waals surface area contributed by atoms with Gasteiger partial charge in [-0.3, -0.25) is 9.59 Å². The Kier molecular flexibility index (Phi) is 5.23. The third-order valence-electron chi connectivity index (χ3n) is 3.86. The number of nitrogens with zero attached hydrogens (tertiary/aromatic N) is 1. The number of benzene rings is 1. The van der Waals surface area contributed by atoms with Gasteiger partial charge in [-0.25, -0.2) is 4.98 Å². The number of H-pyrrole nitrogens is 1. The van der Waals surface area contributed by atoms with E-state index in [2.05, 4.69) is 21.9 Å². The second-order valence-corrected chi connectivity index (χ2v) is 6.55. The first-order valence-corrected chi connectivity index (χ1v) is 9.01. The van der Waals surface area contributed by atoms with Crippen LogP contribution in [-0.2, 0) is 4.79 Å². The van der Waals surface area contributed by atoms with Crippen molar-refractivity contribution in [2.24, 2.45) is 0 Å². The van der Waals surface area contributed by atoms with Gasteiger partial charge in [-0.2, -0.15) is 0 Å². The van der Waals surface area contributed by atoms with Gasteiger partial charge in [0.15, 0.2) is 5.16 Å². The van der Waals surface area contributed by atoms with Crippen LogP contribution >= 0.6 is 11.8 Å². The summed E-state index contributed by atoms with van der Waals surface area (Å²) in [6.07, 6.45) is 1.94. The SMILES string of the molecule is C=CCSc1nc2c(c(=O)[nH]1)[C@@H](c1ccc(OCC)cc1)CC(=O)N2. The lowest BCUT2D eigenvalue weighted by molar-refractivity contribution is -0.116. The Morgan fingerprint density at radius 1 is 1.36 bits per heavy atom. The van der Waals surface area contributed by atoms with E-state index in [1.165, 1.54) is 11.8 Å². The third kappa shape index (κ3) is 3.76. The molecule has 0 unspecified atom stereocenters. The van der Waals surface area contributed by atoms with Gasteiger partial charge in [0.05, 0.1) is 12.2 Å². The number of thioether (sulfide) groups is 1. The fourth-order valence-electron chi connectivity index (χ4n) is 2.80. The van der Waals surface area contributed by atoms with Crippen LogP contribution in [-0.4, -0.2) is 28.2 Å². The van der Waals surface area contributed by atoms with Gasteiger partial charge in [0.1, 0.15) is 11.6 Å². The predicted molar refractivity (Wildman–Crippen MR) is 98.5 cm³/mol. The molecule has 1 amide bonds. The van der Waals surface area contributed by atoms with Crippen molar-refractivity contribution in [1.82, 2.24) is 9.97 Å². The zero-order chi connectivity index (χ0) is 17.8. The van der Waals surface area contributed by atoms with Crippen molar-refractivity contribution in [2.45, 2.75) is 24.4 Å². The average Bonchev–Trinajstić information content (AvgIpc) is 2.60. The van der Waals surface area contributed by atoms with Gasteiger partial charge >= 0.3 is 0 Å². The number of hydrogen-bond acceptors (Lipinski definition) is 5. The van der Waals surface area contributed by atoms with E-state index >= 15 is 0 Å². The maximum atomic E-state index is 12.6. The molecule has 1 aromatic heterocycles. The standard InChI is InChI=1S/C18H19N3O3S/c1-3-9-25-18-20-16-15(17(23)21-18)13(10-14(22)19-16)11-5-7-12(8-6-11)24-4-2/h3,5-8,13H,1,4,9-10H2,2H3,(H2,19,20,21,22,23)/t13-/m1/s1. The van der Waals surface area contributed by atoms with Crippen molar-refractivity contribution in [3.63, 3.8) is 0 Å². The van der Waals surface area contributed by atoms with E-state index in [0.717, 1.165) is 11.3 Å². The summed E-state index contributed by atoms with van der Waals surface area (Å²) in [7, 11) is 0. The number of carbonyl (C=O) groups excluding carboxylic acids is 1. The lowest BCUT2D eigenvalue weighted by Gasteiger charge is -2.24. The van der Waals surface area contributed by atoms with E-state index in [9.17, 15) is 9.59 Å². The third-order valence-corrected chi connectivity index (χ3v) is 4.73. The number of aromatic nitrogens is 2. The van der Waals surface area contributed by atoms with Gasteiger partial charge in [0.25, 0.3) is 5.56 Å². The lowest BCUT2D eigenvalue weighted by atomic mass is 9.87. The molecule has 1 aromatic carbocycles. The highest BCUT2D eigenvalue weighted by Crippen LogP contribution is 2.35. The summed E-state index contributed by atoms with van der Waals surface area (Å²) in [6, 6.07) is 7.47. The van der Waals surface area contributed by atoms with Gasteiger partial charge in [-0.05, 0) is 24.6 Å². The molecule has 25 heavy (non-hydrogen) atoms. The maximum Gasteiger partial charge on any atom is 0.257 e. The summed E-state index contributed by atoms with van der Waals surface area (Å²) >= 11 is 1.36. The minimum absolute atomic E-state index is 0.149. The number of aromatic amines is 1. The van der Waals surface area contributed by atoms with E-state index < -0.39 is 0 Å². The molecule has 7 heteroatoms. The molecule has 2 aromatic rings. The molecule has 0 bridgehead atoms. The molecule has 2 heterocycles. The zero-order valence-electron chi connectivity index (χ0n) is 13.9. The molecular weight excluding hydrogens is 338 g/mol. The van der Waals surface area contributed by atoms with E-state index in [-0.39, 0.29) is 23.8 Å². The summed E-state index contributed by atoms with van der Waals surface area (Å²) in [6.45, 7) is 6.15. The van der Waals surface area contributed by atoms with Gasteiger partial charge in [0, 0.05) is 18.1 Å². The lowest BCUT2D eigenvalue weighted by Crippen LogP contribution is -2.31. The number of nitrogens with one attached hydrogen (secondary N) is 2. The molecule has 0 aliphatic carbocycles. The number of amides is 1. The number of rotatable bonds is 6. The summed E-state index contributed by atoms with van der Waals surface area (Å²) in [5.74, 6) is 1.25. The fraction of sp³-hybridized carbons (Fsp3) is 0.278. The predicted octanol–water partition coefficient (Wildman–Crippen LogP) is 2.92. The second kappa shape index (κ2) is 7.57. The normalized spacial score (nSPS) is 16.0. The Bertz CT molecular complexity index is 846. The summed E-state index contributed by atoms with van der Waals surface area (Å²) in [5.41, 5.74) is 1.15. The average molecular weight is 357 g/mol. The van der Waals surface area contributed by atoms with Crippen molar-refractivity contribution in [1.29, 1.82) is 0 Å². The summed E-state index contributed by atoms with van der Waals surface area (Å²) < 4.78 is 5.45. The van der Waals surface area contributed by atoms with Gasteiger partial charge in [-0.1, -0.05) is 30.0 Å². The first kappa shape index (κ1) is 17.3. The number of ether oxygens (including phenoxy) is 1. The molecule has 3 rings (SSSR count). The van der Waals surface area contributed by atoms with Crippen molar-refractivity contribution in [3.05, 3.63) is 58.4 Å². The van der Waals surface area contributed by atoms with Crippen LogP contribution in [0.2, 0.25) is 0 Å². The van der Waals surface area contributed by atoms with Crippen LogP contribution in [0.15, 0.2) is 46.9 Å². The van der Waals surface area contributed by atoms with Crippen LogP contribution < -0.4 is 15.6 Å². The molecule has 1 aliphatic rings. The molecule has 0 saturated carbocycles. The molecule has 1 atom stereocenters. The number of anilines is 1. The molecule has 0 spiro atoms. The molecule has 1 aliphatic heterocycles. The molecular formula is C18H19N3O3S. The molecule has 2 N–H and O–H groups in total. The number of fused-ring (bicyclic) bond motifs is 1. The first-order valence-electron chi connectivity index (χ1n) is 8.03. The van der Waals surface area contributed by atoms with Gasteiger partial charge in [0.2, 0.25) is 5.91 Å². The van der Waals surface area contributed by atoms with Crippen molar-refractivity contribution >= 4 is 23.5 Å². The topological polar surface area (TPSA) is 84.1 Å². The van der Waals surface area contributed by atoms with Crippen molar-refractivity contribution in [2.75, 3.05) is 17.7 Å². The number of hydrogen-bond donors (Lipinski definition) is 2. The Hall–Kier alpha value is -2.54. The van der Waals surface area contributed by atoms with Crippen LogP contribution in [0, 0.1) is 0 Å². The molecule has 0 fully saturated rings. The highest BCUT2D eigenvalue weighted by molar-refractivity contribution is 7.99. The highest BCUT2D eigenvalue weighted by atomic mass is 32.2. The zero-order valence-corrected chi connectivity index (χ0v) is 14.7. The van der Waals surface area contributed by atoms with E-state index in [0.29, 0.717) is 28.9 Å². The minimum atomic E-state index is -0.325. The van der Waals surface area contributed by atoms with Crippen LogP contribution in [0.3, 0.4) is 0 Å². The summed E-state index contributed by atoms with van der Waals surface area (Å²) in [5, 5.41) is 3.18. The summed E-state index contributed by atoms with van der Waals surface area (Å²) in [4.78, 5) is 31.9. The minimum Gasteiger partial charge on any atom is -0.494 e. The van der Waals surface area contributed by atoms with E-state index in [1.54, 1.807) is 6.08 Å². The first-order chi connectivity index (χ1) is 12.1. The quantitative estimate of drug-likeness (QED) is 0.472. The van der Waals surface area contributed by atoms with Gasteiger partial charge in [-0.15, -0.1) is 6.58 Å². The van der Waals surface area contributed by atoms with E-state index in [4.69, 9.17) is 4.74 Å².